The Morgan fingerprint density at radius 3 is 1.48 bits per heavy atom. The second-order valence-electron chi connectivity index (χ2n) is 23.9. The SMILES string of the molecule is C=C(C)C(=O)OCCN(c1ccc(C2=C([O-])C(=C3C=CC(=[N+](CCOC(=O)C(=C)C)c4ccc(C)cc4C)C=C3)C2=O)cc1)c1ccc(C)cc1C.O=C1NCc2ccc(cc2)CNC(=O)c2cccc(c2)C(=O)NCC2CCC(CC2)CNC(=O)c2cccc1c2. The van der Waals surface area contributed by atoms with E-state index in [4.69, 9.17) is 9.47 Å². The Morgan fingerprint density at radius 2 is 1.01 bits per heavy atom. The van der Waals surface area contributed by atoms with Crippen molar-refractivity contribution in [1.29, 1.82) is 0 Å². The number of amides is 4. The number of nitrogens with one attached hydrogen (secondary N) is 4. The number of hydrogen-bond acceptors (Lipinski definition) is 11. The normalized spacial score (nSPS) is 16.7. The number of Topliss-reactive ketones (excluding diaryl/α,β-unsaturated/α-hetero) is 1. The zero-order chi connectivity index (χ0) is 65.6. The molecule has 6 aromatic rings. The maximum Gasteiger partial charge on any atom is 0.333 e. The summed E-state index contributed by atoms with van der Waals surface area (Å²) < 4.78 is 12.8. The van der Waals surface area contributed by atoms with Gasteiger partial charge in [0.15, 0.2) is 18.9 Å². The van der Waals surface area contributed by atoms with Gasteiger partial charge >= 0.3 is 11.9 Å². The molecular formula is C76H78N6O10. The molecule has 92 heavy (non-hydrogen) atoms. The molecule has 8 bridgehead atoms. The first kappa shape index (κ1) is 66.0. The van der Waals surface area contributed by atoms with Crippen molar-refractivity contribution in [3.8, 4) is 0 Å². The summed E-state index contributed by atoms with van der Waals surface area (Å²) in [7, 11) is 0. The maximum atomic E-state index is 13.5. The van der Waals surface area contributed by atoms with Gasteiger partial charge in [-0.1, -0.05) is 96.8 Å². The summed E-state index contributed by atoms with van der Waals surface area (Å²) in [6.07, 6.45) is 11.2. The van der Waals surface area contributed by atoms with E-state index in [1.807, 2.05) is 110 Å². The molecule has 0 radical (unpaired) electrons. The zero-order valence-electron chi connectivity index (χ0n) is 53.0. The summed E-state index contributed by atoms with van der Waals surface area (Å²) in [6.45, 7) is 21.5. The van der Waals surface area contributed by atoms with Crippen molar-refractivity contribution in [2.24, 2.45) is 11.8 Å². The van der Waals surface area contributed by atoms with Crippen LogP contribution in [0.3, 0.4) is 0 Å². The van der Waals surface area contributed by atoms with Crippen LogP contribution in [0, 0.1) is 39.5 Å². The highest BCUT2D eigenvalue weighted by molar-refractivity contribution is 6.39. The minimum absolute atomic E-state index is 0.148. The molecule has 13 rings (SSSR count). The highest BCUT2D eigenvalue weighted by Gasteiger charge is 2.32. The van der Waals surface area contributed by atoms with Crippen LogP contribution in [0.2, 0.25) is 0 Å². The Balaban J connectivity index is 0.000000225. The molecule has 4 aliphatic heterocycles. The Hall–Kier alpha value is -10.5. The minimum atomic E-state index is -0.448. The molecule has 3 aliphatic carbocycles. The number of allylic oxidation sites excluding steroid dienone is 7. The smallest absolute Gasteiger partial charge is 0.333 e. The molecule has 0 spiro atoms. The number of ketones is 1. The van der Waals surface area contributed by atoms with Crippen molar-refractivity contribution in [2.75, 3.05) is 44.3 Å². The first-order chi connectivity index (χ1) is 44.2. The highest BCUT2D eigenvalue weighted by atomic mass is 16.5. The molecule has 16 nitrogen and oxygen atoms in total. The number of hydrogen-bond donors (Lipinski definition) is 4. The fourth-order valence-corrected chi connectivity index (χ4v) is 11.5. The molecule has 1 saturated carbocycles. The fraction of sp³-hybridized carbons (Fsp3) is 0.263. The van der Waals surface area contributed by atoms with E-state index in [-0.39, 0.29) is 59.5 Å². The molecule has 4 amide bonds. The quantitative estimate of drug-likeness (QED) is 0.0514. The number of ether oxygens (including phenoxy) is 2. The van der Waals surface area contributed by atoms with Crippen molar-refractivity contribution in [3.05, 3.63) is 260 Å². The van der Waals surface area contributed by atoms with Gasteiger partial charge in [-0.05, 0) is 180 Å². The minimum Gasteiger partial charge on any atom is -0.871 e. The Labute approximate surface area is 537 Å². The Bertz CT molecular complexity index is 3920. The Kier molecular flexibility index (Phi) is 21.8. The van der Waals surface area contributed by atoms with Crippen LogP contribution in [0.1, 0.15) is 120 Å². The van der Waals surface area contributed by atoms with Gasteiger partial charge in [-0.2, -0.15) is 4.58 Å². The van der Waals surface area contributed by atoms with Gasteiger partial charge in [-0.3, -0.25) is 24.0 Å². The van der Waals surface area contributed by atoms with E-state index < -0.39 is 11.9 Å². The van der Waals surface area contributed by atoms with Crippen molar-refractivity contribution < 1.29 is 52.7 Å². The third-order valence-electron chi connectivity index (χ3n) is 16.7. The van der Waals surface area contributed by atoms with Gasteiger partial charge in [-0.25, -0.2) is 9.59 Å². The summed E-state index contributed by atoms with van der Waals surface area (Å²) in [6, 6.07) is 40.7. The summed E-state index contributed by atoms with van der Waals surface area (Å²) in [5, 5.41) is 25.4. The van der Waals surface area contributed by atoms with Crippen LogP contribution < -0.4 is 31.3 Å². The average molecular weight is 1240 g/mol. The topological polar surface area (TPSA) is 215 Å². The summed E-state index contributed by atoms with van der Waals surface area (Å²) >= 11 is 0. The number of rotatable bonds is 12. The van der Waals surface area contributed by atoms with E-state index in [2.05, 4.69) is 46.6 Å². The number of nitrogens with zero attached hydrogens (tertiary/aromatic N) is 2. The molecule has 1 fully saturated rings. The molecule has 472 valence electrons. The monoisotopic (exact) mass is 1230 g/mol. The number of anilines is 2. The summed E-state index contributed by atoms with van der Waals surface area (Å²) in [4.78, 5) is 90.8. The van der Waals surface area contributed by atoms with Gasteiger partial charge in [0.05, 0.1) is 6.54 Å². The van der Waals surface area contributed by atoms with E-state index in [9.17, 15) is 38.7 Å². The van der Waals surface area contributed by atoms with Gasteiger partial charge < -0.3 is 40.7 Å². The second kappa shape index (κ2) is 30.4. The van der Waals surface area contributed by atoms with Gasteiger partial charge in [-0.15, -0.1) is 0 Å². The number of carbonyl (C=O) groups is 7. The molecule has 0 aromatic heterocycles. The van der Waals surface area contributed by atoms with E-state index >= 15 is 0 Å². The molecule has 4 N–H and O–H groups in total. The van der Waals surface area contributed by atoms with Crippen LogP contribution in [0.15, 0.2) is 199 Å². The number of esters is 2. The van der Waals surface area contributed by atoms with E-state index in [0.29, 0.717) is 95.6 Å². The van der Waals surface area contributed by atoms with Crippen LogP contribution in [-0.4, -0.2) is 91.0 Å². The van der Waals surface area contributed by atoms with E-state index in [0.717, 1.165) is 81.8 Å². The first-order valence-corrected chi connectivity index (χ1v) is 31.0. The molecule has 7 aliphatic rings. The standard InChI is InChI=1S/C44H44N2O6.C32H34N4O4/c1-27(2)43(49)51-23-21-45(37-19-9-29(5)25-31(37)7)35-15-11-33(12-16-35)39-41(47)40(42(39)48)34-13-17-36(18-14-34)46(22-24-52-44(50)28(3)4)38-20-10-30(6)26-32(38)8;37-29-25-3-1-4-26(15-25)30(38)34-18-22-9-13-24(14-10-22)20-36-32(40)28-6-2-5-27(16-28)31(39)35-19-23-11-7-21(8-12-23)17-33-29/h9-20,25-26H,1,3,21-24H2,2,4-8H3;1-8,11-12,15-16,22,24H,9-10,13-14,17-20H2,(H,33,37)(H,34,38)(H,35,39)(H,36,40). The molecular weight excluding hydrogens is 1160 g/mol. The third kappa shape index (κ3) is 16.7. The van der Waals surface area contributed by atoms with Crippen LogP contribution in [-0.2, 0) is 36.9 Å². The van der Waals surface area contributed by atoms with Crippen LogP contribution >= 0.6 is 0 Å². The predicted molar refractivity (Wildman–Crippen MR) is 356 cm³/mol. The van der Waals surface area contributed by atoms with E-state index in [1.54, 1.807) is 86.7 Å². The maximum absolute atomic E-state index is 13.5. The first-order valence-electron chi connectivity index (χ1n) is 31.0. The third-order valence-corrected chi connectivity index (χ3v) is 16.7. The van der Waals surface area contributed by atoms with Gasteiger partial charge in [0, 0.05) is 106 Å². The zero-order valence-corrected chi connectivity index (χ0v) is 53.0. The number of aryl methyl sites for hydroxylation is 4. The van der Waals surface area contributed by atoms with Crippen molar-refractivity contribution in [3.63, 3.8) is 0 Å². The van der Waals surface area contributed by atoms with Gasteiger partial charge in [0.25, 0.3) is 23.6 Å². The average Bonchev–Trinajstić information content (AvgIpc) is 0.760. The predicted octanol–water partition coefficient (Wildman–Crippen LogP) is 11.0. The van der Waals surface area contributed by atoms with Crippen LogP contribution in [0.25, 0.3) is 5.57 Å². The number of benzene rings is 6. The molecule has 6 aromatic carbocycles. The van der Waals surface area contributed by atoms with E-state index in [1.165, 1.54) is 0 Å². The van der Waals surface area contributed by atoms with Crippen LogP contribution in [0.4, 0.5) is 17.1 Å². The molecule has 0 unspecified atom stereocenters. The second-order valence-corrected chi connectivity index (χ2v) is 23.9. The lowest BCUT2D eigenvalue weighted by Crippen LogP contribution is -2.34. The summed E-state index contributed by atoms with van der Waals surface area (Å²) in [5.74, 6) is -1.62. The molecule has 0 saturated heterocycles. The van der Waals surface area contributed by atoms with Crippen molar-refractivity contribution in [2.45, 2.75) is 80.3 Å². The van der Waals surface area contributed by atoms with Crippen LogP contribution in [0.5, 0.6) is 0 Å². The Morgan fingerprint density at radius 1 is 0.543 bits per heavy atom. The fourth-order valence-electron chi connectivity index (χ4n) is 11.5. The lowest BCUT2D eigenvalue weighted by molar-refractivity contribution is -0.442. The lowest BCUT2D eigenvalue weighted by atomic mass is 9.80. The van der Waals surface area contributed by atoms with Crippen molar-refractivity contribution in [1.82, 2.24) is 21.3 Å². The largest absolute Gasteiger partial charge is 0.871 e. The number of carbonyl (C=O) groups excluding carboxylic acids is 7. The summed E-state index contributed by atoms with van der Waals surface area (Å²) in [5.41, 5.74) is 13.6. The molecule has 16 heteroatoms. The van der Waals surface area contributed by atoms with Gasteiger partial charge in [0.2, 0.25) is 11.4 Å². The highest BCUT2D eigenvalue weighted by Crippen LogP contribution is 2.39. The molecule has 4 heterocycles. The van der Waals surface area contributed by atoms with Gasteiger partial charge in [0.1, 0.15) is 6.61 Å². The lowest BCUT2D eigenvalue weighted by Gasteiger charge is -2.32. The molecule has 0 atom stereocenters. The van der Waals surface area contributed by atoms with Crippen molar-refractivity contribution >= 4 is 69.7 Å².